The van der Waals surface area contributed by atoms with Crippen molar-refractivity contribution in [1.29, 1.82) is 0 Å². The Morgan fingerprint density at radius 1 is 1.18 bits per heavy atom. The van der Waals surface area contributed by atoms with Gasteiger partial charge in [-0.25, -0.2) is 13.8 Å². The summed E-state index contributed by atoms with van der Waals surface area (Å²) in [4.78, 5) is 26.2. The molecule has 3 aromatic rings. The zero-order valence-corrected chi connectivity index (χ0v) is 20.8. The van der Waals surface area contributed by atoms with E-state index in [0.717, 1.165) is 15.9 Å². The molecule has 1 atom stereocenters. The second-order valence-corrected chi connectivity index (χ2v) is 10.8. The quantitative estimate of drug-likeness (QED) is 0.445. The van der Waals surface area contributed by atoms with Gasteiger partial charge in [-0.2, -0.15) is 18.3 Å². The lowest BCUT2D eigenvalue weighted by Gasteiger charge is -2.60. The van der Waals surface area contributed by atoms with Crippen molar-refractivity contribution in [3.05, 3.63) is 63.9 Å². The maximum atomic E-state index is 14.1. The number of thiazole rings is 1. The van der Waals surface area contributed by atoms with Gasteiger partial charge in [0.25, 0.3) is 0 Å². The molecule has 200 valence electrons. The van der Waals surface area contributed by atoms with E-state index in [0.29, 0.717) is 37.6 Å². The lowest BCUT2D eigenvalue weighted by molar-refractivity contribution is -0.147. The molecule has 6 rings (SSSR count). The fourth-order valence-electron chi connectivity index (χ4n) is 5.12. The molecule has 0 saturated carbocycles. The molecule has 2 saturated heterocycles. The third-order valence-electron chi connectivity index (χ3n) is 7.06. The van der Waals surface area contributed by atoms with Crippen molar-refractivity contribution in [3.63, 3.8) is 0 Å². The maximum Gasteiger partial charge on any atom is 0.435 e. The number of hydrogen-bond acceptors (Lipinski definition) is 7. The summed E-state index contributed by atoms with van der Waals surface area (Å²) < 4.78 is 67.9. The molecule has 2 aromatic heterocycles. The lowest BCUT2D eigenvalue weighted by Crippen LogP contribution is -2.73. The summed E-state index contributed by atoms with van der Waals surface area (Å²) >= 11 is 1.42. The fraction of sp³-hybridized carbons (Fsp3) is 0.417. The third kappa shape index (κ3) is 4.29. The van der Waals surface area contributed by atoms with Crippen molar-refractivity contribution >= 4 is 28.1 Å². The van der Waals surface area contributed by atoms with E-state index in [2.05, 4.69) is 20.1 Å². The first-order valence-electron chi connectivity index (χ1n) is 11.8. The van der Waals surface area contributed by atoms with Crippen LogP contribution in [0.4, 0.5) is 27.1 Å². The summed E-state index contributed by atoms with van der Waals surface area (Å²) in [5.41, 5.74) is 0.142. The van der Waals surface area contributed by atoms with Crippen molar-refractivity contribution < 1.29 is 31.6 Å². The summed E-state index contributed by atoms with van der Waals surface area (Å²) in [6, 6.07) is 4.58. The molecule has 8 nitrogen and oxygen atoms in total. The van der Waals surface area contributed by atoms with Gasteiger partial charge in [0.1, 0.15) is 29.6 Å². The zero-order chi connectivity index (χ0) is 26.8. The number of rotatable bonds is 5. The molecule has 3 aliphatic heterocycles. The van der Waals surface area contributed by atoms with Crippen LogP contribution in [-0.4, -0.2) is 57.5 Å². The summed E-state index contributed by atoms with van der Waals surface area (Å²) in [6.45, 7) is 3.66. The van der Waals surface area contributed by atoms with Crippen LogP contribution >= 0.6 is 11.3 Å². The highest BCUT2D eigenvalue weighted by Crippen LogP contribution is 2.43. The molecule has 5 heterocycles. The Hall–Kier alpha value is -3.55. The van der Waals surface area contributed by atoms with Gasteiger partial charge >= 0.3 is 6.18 Å². The molecule has 1 aromatic carbocycles. The SMILES string of the molecule is Cc1cc(C(F)(F)F)nn1CC(=O)N1CC2(C1)CN(c1nc(C3=NOC(c4c(F)cccc4F)C3)cs1)C2. The van der Waals surface area contributed by atoms with Crippen molar-refractivity contribution in [2.24, 2.45) is 10.6 Å². The van der Waals surface area contributed by atoms with Gasteiger partial charge in [0.05, 0.1) is 5.56 Å². The highest BCUT2D eigenvalue weighted by atomic mass is 32.1. The molecule has 0 radical (unpaired) electrons. The van der Waals surface area contributed by atoms with E-state index in [1.165, 1.54) is 36.5 Å². The van der Waals surface area contributed by atoms with Gasteiger partial charge in [-0.15, -0.1) is 11.3 Å². The topological polar surface area (TPSA) is 75.9 Å². The Morgan fingerprint density at radius 3 is 2.55 bits per heavy atom. The van der Waals surface area contributed by atoms with Crippen LogP contribution in [0.3, 0.4) is 0 Å². The second kappa shape index (κ2) is 8.75. The van der Waals surface area contributed by atoms with Crippen LogP contribution in [0.15, 0.2) is 34.8 Å². The number of likely N-dealkylation sites (tertiary alicyclic amines) is 1. The van der Waals surface area contributed by atoms with Gasteiger partial charge in [-0.1, -0.05) is 11.2 Å². The number of anilines is 1. The number of halogens is 5. The monoisotopic (exact) mass is 552 g/mol. The van der Waals surface area contributed by atoms with E-state index in [-0.39, 0.29) is 35.5 Å². The number of alkyl halides is 3. The Bertz CT molecular complexity index is 1420. The zero-order valence-electron chi connectivity index (χ0n) is 20.0. The normalized spacial score (nSPS) is 20.3. The molecule has 1 spiro atoms. The number of benzene rings is 1. The Kier molecular flexibility index (Phi) is 5.70. The van der Waals surface area contributed by atoms with Gasteiger partial charge in [-0.3, -0.25) is 9.48 Å². The molecule has 38 heavy (non-hydrogen) atoms. The molecule has 14 heteroatoms. The predicted octanol–water partition coefficient (Wildman–Crippen LogP) is 4.16. The van der Waals surface area contributed by atoms with Crippen LogP contribution in [0.2, 0.25) is 0 Å². The van der Waals surface area contributed by atoms with E-state index in [4.69, 9.17) is 4.84 Å². The lowest BCUT2D eigenvalue weighted by atomic mass is 9.73. The average molecular weight is 553 g/mol. The highest BCUT2D eigenvalue weighted by molar-refractivity contribution is 7.14. The maximum absolute atomic E-state index is 14.1. The molecule has 0 N–H and O–H groups in total. The minimum absolute atomic E-state index is 0.0702. The first kappa shape index (κ1) is 24.8. The molecule has 0 aliphatic carbocycles. The van der Waals surface area contributed by atoms with Gasteiger partial charge in [0.2, 0.25) is 5.91 Å². The van der Waals surface area contributed by atoms with E-state index in [1.807, 2.05) is 5.38 Å². The van der Waals surface area contributed by atoms with Crippen LogP contribution in [0, 0.1) is 24.0 Å². The summed E-state index contributed by atoms with van der Waals surface area (Å²) in [7, 11) is 0. The minimum Gasteiger partial charge on any atom is -0.387 e. The predicted molar refractivity (Wildman–Crippen MR) is 127 cm³/mol. The van der Waals surface area contributed by atoms with Gasteiger partial charge < -0.3 is 14.6 Å². The molecule has 3 aliphatic rings. The molecule has 0 bridgehead atoms. The molecular weight excluding hydrogens is 531 g/mol. The largest absolute Gasteiger partial charge is 0.435 e. The van der Waals surface area contributed by atoms with Crippen LogP contribution in [0.1, 0.15) is 35.2 Å². The smallest absolute Gasteiger partial charge is 0.387 e. The summed E-state index contributed by atoms with van der Waals surface area (Å²) in [6.07, 6.45) is -5.21. The summed E-state index contributed by atoms with van der Waals surface area (Å²) in [5.74, 6) is -1.64. The number of nitrogens with zero attached hydrogens (tertiary/aromatic N) is 6. The number of amides is 1. The molecular formula is C24H21F5N6O2S. The molecule has 1 unspecified atom stereocenters. The molecule has 1 amide bonds. The first-order valence-corrected chi connectivity index (χ1v) is 12.7. The van der Waals surface area contributed by atoms with Crippen LogP contribution in [0.25, 0.3) is 0 Å². The Balaban J connectivity index is 1.01. The van der Waals surface area contributed by atoms with Crippen LogP contribution in [0.5, 0.6) is 0 Å². The van der Waals surface area contributed by atoms with Crippen LogP contribution in [-0.2, 0) is 22.4 Å². The number of hydrogen-bond donors (Lipinski definition) is 0. The van der Waals surface area contributed by atoms with Crippen molar-refractivity contribution in [3.8, 4) is 0 Å². The van der Waals surface area contributed by atoms with E-state index in [1.54, 1.807) is 4.90 Å². The minimum atomic E-state index is -4.55. The highest BCUT2D eigenvalue weighted by Gasteiger charge is 2.54. The second-order valence-electron chi connectivity index (χ2n) is 9.92. The van der Waals surface area contributed by atoms with E-state index in [9.17, 15) is 26.7 Å². The van der Waals surface area contributed by atoms with Crippen LogP contribution < -0.4 is 4.90 Å². The number of oxime groups is 1. The van der Waals surface area contributed by atoms with Gasteiger partial charge in [-0.05, 0) is 25.1 Å². The molecule has 2 fully saturated rings. The standard InChI is InChI=1S/C24H21F5N6O2S/c1-13-5-19(24(27,28)29)31-35(13)7-20(36)33-9-23(10-33)11-34(12-23)22-30-17(8-38-22)16-6-18(37-32-16)21-14(25)3-2-4-15(21)26/h2-5,8,18H,6-7,9-12H2,1H3. The van der Waals surface area contributed by atoms with E-state index >= 15 is 0 Å². The van der Waals surface area contributed by atoms with Crippen molar-refractivity contribution in [2.75, 3.05) is 31.1 Å². The first-order chi connectivity index (χ1) is 18.0. The number of aromatic nitrogens is 3. The average Bonchev–Trinajstić information content (AvgIpc) is 3.52. The van der Waals surface area contributed by atoms with Crippen molar-refractivity contribution in [1.82, 2.24) is 19.7 Å². The third-order valence-corrected chi connectivity index (χ3v) is 7.96. The number of carbonyl (C=O) groups excluding carboxylic acids is 1. The number of aryl methyl sites for hydroxylation is 1. The summed E-state index contributed by atoms with van der Waals surface area (Å²) in [5, 5.41) is 10.1. The van der Waals surface area contributed by atoms with Crippen molar-refractivity contribution in [2.45, 2.75) is 32.2 Å². The Morgan fingerprint density at radius 2 is 1.89 bits per heavy atom. The van der Waals surface area contributed by atoms with Gasteiger partial charge in [0.15, 0.2) is 16.9 Å². The fourth-order valence-corrected chi connectivity index (χ4v) is 5.95. The van der Waals surface area contributed by atoms with E-state index < -0.39 is 29.6 Å². The Labute approximate surface area is 217 Å². The number of carbonyl (C=O) groups is 1. The van der Waals surface area contributed by atoms with Gasteiger partial charge in [0, 0.05) is 49.1 Å².